The molecular formula is C13H19ClN2OS. The molecule has 0 aliphatic carbocycles. The molecule has 3 nitrogen and oxygen atoms in total. The first-order valence-electron chi connectivity index (χ1n) is 6.00. The number of thioether (sulfide) groups is 1. The molecule has 0 bridgehead atoms. The molecule has 0 atom stereocenters. The van der Waals surface area contributed by atoms with Crippen molar-refractivity contribution in [2.75, 3.05) is 19.3 Å². The summed E-state index contributed by atoms with van der Waals surface area (Å²) in [5, 5.41) is 6.67. The first kappa shape index (κ1) is 15.3. The molecule has 0 aliphatic heterocycles. The molecule has 0 radical (unpaired) electrons. The van der Waals surface area contributed by atoms with E-state index < -0.39 is 0 Å². The highest BCUT2D eigenvalue weighted by atomic mass is 35.5. The standard InChI is InChI=1S/C13H19ClN2OS/c1-3-6-16-8-10-4-5-11(14)7-12(10)18-9-13(17)15-2/h4-5,7,16H,3,6,8-9H2,1-2H3,(H,15,17). The van der Waals surface area contributed by atoms with E-state index in [4.69, 9.17) is 11.6 Å². The maximum Gasteiger partial charge on any atom is 0.230 e. The number of benzene rings is 1. The second-order valence-electron chi connectivity index (χ2n) is 3.89. The van der Waals surface area contributed by atoms with E-state index in [-0.39, 0.29) is 5.91 Å². The summed E-state index contributed by atoms with van der Waals surface area (Å²) >= 11 is 7.51. The van der Waals surface area contributed by atoms with Crippen molar-refractivity contribution in [3.63, 3.8) is 0 Å². The van der Waals surface area contributed by atoms with E-state index in [0.29, 0.717) is 10.8 Å². The van der Waals surface area contributed by atoms with Crippen LogP contribution in [0.5, 0.6) is 0 Å². The van der Waals surface area contributed by atoms with E-state index in [1.165, 1.54) is 17.3 Å². The number of halogens is 1. The van der Waals surface area contributed by atoms with Gasteiger partial charge in [-0.05, 0) is 30.7 Å². The second-order valence-corrected chi connectivity index (χ2v) is 5.34. The Balaban J connectivity index is 2.67. The van der Waals surface area contributed by atoms with Gasteiger partial charge in [0.25, 0.3) is 0 Å². The van der Waals surface area contributed by atoms with Crippen LogP contribution < -0.4 is 10.6 Å². The van der Waals surface area contributed by atoms with Gasteiger partial charge >= 0.3 is 0 Å². The lowest BCUT2D eigenvalue weighted by Crippen LogP contribution is -2.20. The van der Waals surface area contributed by atoms with Gasteiger partial charge < -0.3 is 10.6 Å². The summed E-state index contributed by atoms with van der Waals surface area (Å²) in [4.78, 5) is 12.3. The summed E-state index contributed by atoms with van der Waals surface area (Å²) in [5.74, 6) is 0.435. The molecule has 2 N–H and O–H groups in total. The monoisotopic (exact) mass is 286 g/mol. The summed E-state index contributed by atoms with van der Waals surface area (Å²) in [7, 11) is 1.64. The van der Waals surface area contributed by atoms with Crippen LogP contribution >= 0.6 is 23.4 Å². The molecule has 0 heterocycles. The average Bonchev–Trinajstić information content (AvgIpc) is 2.38. The molecule has 1 amide bonds. The molecule has 0 saturated heterocycles. The van der Waals surface area contributed by atoms with Crippen molar-refractivity contribution in [3.05, 3.63) is 28.8 Å². The van der Waals surface area contributed by atoms with Crippen LogP contribution in [0, 0.1) is 0 Å². The van der Waals surface area contributed by atoms with Crippen LogP contribution in [-0.2, 0) is 11.3 Å². The van der Waals surface area contributed by atoms with E-state index in [1.54, 1.807) is 7.05 Å². The van der Waals surface area contributed by atoms with Crippen LogP contribution in [0.25, 0.3) is 0 Å². The smallest absolute Gasteiger partial charge is 0.230 e. The highest BCUT2D eigenvalue weighted by molar-refractivity contribution is 8.00. The van der Waals surface area contributed by atoms with E-state index >= 15 is 0 Å². The number of rotatable bonds is 7. The lowest BCUT2D eigenvalue weighted by atomic mass is 10.2. The third-order valence-corrected chi connectivity index (χ3v) is 3.74. The minimum atomic E-state index is 0.0208. The van der Waals surface area contributed by atoms with Gasteiger partial charge in [0.05, 0.1) is 5.75 Å². The highest BCUT2D eigenvalue weighted by Gasteiger charge is 2.06. The molecular weight excluding hydrogens is 268 g/mol. The fourth-order valence-corrected chi connectivity index (χ4v) is 2.63. The molecule has 0 fully saturated rings. The Labute approximate surface area is 118 Å². The van der Waals surface area contributed by atoms with Crippen molar-refractivity contribution in [2.45, 2.75) is 24.8 Å². The Morgan fingerprint density at radius 3 is 2.89 bits per heavy atom. The number of hydrogen-bond acceptors (Lipinski definition) is 3. The van der Waals surface area contributed by atoms with Gasteiger partial charge in [0.1, 0.15) is 0 Å². The number of carbonyl (C=O) groups is 1. The SMILES string of the molecule is CCCNCc1ccc(Cl)cc1SCC(=O)NC. The Kier molecular flexibility index (Phi) is 7.16. The Hall–Kier alpha value is -0.710. The van der Waals surface area contributed by atoms with Crippen LogP contribution in [0.3, 0.4) is 0 Å². The quantitative estimate of drug-likeness (QED) is 0.598. The zero-order valence-electron chi connectivity index (χ0n) is 10.8. The third kappa shape index (κ3) is 5.29. The number of nitrogens with one attached hydrogen (secondary N) is 2. The zero-order valence-corrected chi connectivity index (χ0v) is 12.3. The van der Waals surface area contributed by atoms with Crippen LogP contribution in [0.4, 0.5) is 0 Å². The van der Waals surface area contributed by atoms with Crippen molar-refractivity contribution in [1.29, 1.82) is 0 Å². The van der Waals surface area contributed by atoms with E-state index in [1.807, 2.05) is 18.2 Å². The fraction of sp³-hybridized carbons (Fsp3) is 0.462. The molecule has 0 unspecified atom stereocenters. The van der Waals surface area contributed by atoms with E-state index in [9.17, 15) is 4.79 Å². The zero-order chi connectivity index (χ0) is 13.4. The molecule has 0 saturated carbocycles. The molecule has 18 heavy (non-hydrogen) atoms. The van der Waals surface area contributed by atoms with E-state index in [0.717, 1.165) is 24.4 Å². The van der Waals surface area contributed by atoms with Crippen LogP contribution in [0.1, 0.15) is 18.9 Å². The summed E-state index contributed by atoms with van der Waals surface area (Å²) in [5.41, 5.74) is 1.18. The van der Waals surface area contributed by atoms with Gasteiger partial charge in [-0.2, -0.15) is 0 Å². The van der Waals surface area contributed by atoms with Crippen LogP contribution in [-0.4, -0.2) is 25.3 Å². The summed E-state index contributed by atoms with van der Waals surface area (Å²) in [6.07, 6.45) is 1.11. The lowest BCUT2D eigenvalue weighted by molar-refractivity contribution is -0.118. The summed E-state index contributed by atoms with van der Waals surface area (Å²) < 4.78 is 0. The van der Waals surface area contributed by atoms with Crippen molar-refractivity contribution in [3.8, 4) is 0 Å². The molecule has 1 aromatic rings. The van der Waals surface area contributed by atoms with Gasteiger partial charge in [-0.15, -0.1) is 11.8 Å². The fourth-order valence-electron chi connectivity index (χ4n) is 1.42. The molecule has 0 spiro atoms. The first-order chi connectivity index (χ1) is 8.67. The largest absolute Gasteiger partial charge is 0.358 e. The minimum Gasteiger partial charge on any atom is -0.358 e. The van der Waals surface area contributed by atoms with Crippen molar-refractivity contribution >= 4 is 29.3 Å². The first-order valence-corrected chi connectivity index (χ1v) is 7.36. The van der Waals surface area contributed by atoms with Gasteiger partial charge in [-0.1, -0.05) is 24.6 Å². The molecule has 100 valence electrons. The molecule has 0 aromatic heterocycles. The number of amides is 1. The van der Waals surface area contributed by atoms with Crippen molar-refractivity contribution in [2.24, 2.45) is 0 Å². The molecule has 1 aromatic carbocycles. The second kappa shape index (κ2) is 8.40. The van der Waals surface area contributed by atoms with Gasteiger partial charge in [-0.3, -0.25) is 4.79 Å². The van der Waals surface area contributed by atoms with Gasteiger partial charge in [-0.25, -0.2) is 0 Å². The number of hydrogen-bond donors (Lipinski definition) is 2. The van der Waals surface area contributed by atoms with Crippen LogP contribution in [0.2, 0.25) is 5.02 Å². The van der Waals surface area contributed by atoms with E-state index in [2.05, 4.69) is 17.6 Å². The van der Waals surface area contributed by atoms with Gasteiger partial charge in [0.2, 0.25) is 5.91 Å². The summed E-state index contributed by atoms with van der Waals surface area (Å²) in [6, 6.07) is 5.81. The summed E-state index contributed by atoms with van der Waals surface area (Å²) in [6.45, 7) is 3.93. The minimum absolute atomic E-state index is 0.0208. The Bertz CT molecular complexity index is 399. The molecule has 0 aliphatic rings. The third-order valence-electron chi connectivity index (χ3n) is 2.41. The predicted octanol–water partition coefficient (Wildman–Crippen LogP) is 2.68. The van der Waals surface area contributed by atoms with Crippen molar-refractivity contribution < 1.29 is 4.79 Å². The lowest BCUT2D eigenvalue weighted by Gasteiger charge is -2.10. The Morgan fingerprint density at radius 1 is 1.44 bits per heavy atom. The number of carbonyl (C=O) groups excluding carboxylic acids is 1. The van der Waals surface area contributed by atoms with Gasteiger partial charge in [0.15, 0.2) is 0 Å². The molecule has 5 heteroatoms. The van der Waals surface area contributed by atoms with Crippen molar-refractivity contribution in [1.82, 2.24) is 10.6 Å². The Morgan fingerprint density at radius 2 is 2.22 bits per heavy atom. The predicted molar refractivity (Wildman–Crippen MR) is 78.2 cm³/mol. The maximum absolute atomic E-state index is 11.3. The average molecular weight is 287 g/mol. The normalized spacial score (nSPS) is 10.4. The topological polar surface area (TPSA) is 41.1 Å². The maximum atomic E-state index is 11.3. The highest BCUT2D eigenvalue weighted by Crippen LogP contribution is 2.26. The molecule has 1 rings (SSSR count). The van der Waals surface area contributed by atoms with Gasteiger partial charge in [0, 0.05) is 23.5 Å². The van der Waals surface area contributed by atoms with Crippen LogP contribution in [0.15, 0.2) is 23.1 Å².